The lowest BCUT2D eigenvalue weighted by atomic mass is 10.2. The summed E-state index contributed by atoms with van der Waals surface area (Å²) in [5.74, 6) is -0.999. The molecule has 1 amide bonds. The molecule has 0 radical (unpaired) electrons. The number of sulfonamides is 1. The maximum Gasteiger partial charge on any atom is 0.258 e. The van der Waals surface area contributed by atoms with Crippen LogP contribution in [-0.2, 0) is 10.0 Å². The minimum absolute atomic E-state index is 0.105. The van der Waals surface area contributed by atoms with Crippen LogP contribution in [0.5, 0.6) is 5.75 Å². The molecule has 0 aliphatic carbocycles. The fourth-order valence-electron chi connectivity index (χ4n) is 2.74. The van der Waals surface area contributed by atoms with E-state index in [1.54, 1.807) is 24.3 Å². The molecule has 0 unspecified atom stereocenters. The molecule has 6 nitrogen and oxygen atoms in total. The summed E-state index contributed by atoms with van der Waals surface area (Å²) >= 11 is 0. The first-order chi connectivity index (χ1) is 13.3. The fourth-order valence-corrected chi connectivity index (χ4v) is 4.39. The third-order valence-corrected chi connectivity index (χ3v) is 5.99. The fraction of sp³-hybridized carbons (Fsp3) is 0.350. The molecule has 2 rings (SSSR count). The molecule has 28 heavy (non-hydrogen) atoms. The number of anilines is 1. The molecule has 0 saturated carbocycles. The van der Waals surface area contributed by atoms with Crippen molar-refractivity contribution >= 4 is 21.6 Å². The van der Waals surface area contributed by atoms with Gasteiger partial charge in [0, 0.05) is 24.8 Å². The molecule has 0 fully saturated rings. The summed E-state index contributed by atoms with van der Waals surface area (Å²) in [4.78, 5) is 12.4. The molecular weight excluding hydrogens is 383 g/mol. The molecule has 2 aromatic rings. The van der Waals surface area contributed by atoms with E-state index < -0.39 is 21.7 Å². The van der Waals surface area contributed by atoms with Crippen molar-refractivity contribution in [3.05, 3.63) is 53.8 Å². The summed E-state index contributed by atoms with van der Waals surface area (Å²) in [5, 5.41) is 2.56. The zero-order valence-electron chi connectivity index (χ0n) is 16.2. The quantitative estimate of drug-likeness (QED) is 0.683. The zero-order valence-corrected chi connectivity index (χ0v) is 17.1. The van der Waals surface area contributed by atoms with Crippen molar-refractivity contribution < 1.29 is 22.3 Å². The Bertz CT molecular complexity index is 926. The van der Waals surface area contributed by atoms with E-state index in [1.807, 2.05) is 13.8 Å². The molecule has 0 atom stereocenters. The number of halogens is 1. The van der Waals surface area contributed by atoms with Crippen LogP contribution in [0.3, 0.4) is 0 Å². The predicted octanol–water partition coefficient (Wildman–Crippen LogP) is 3.90. The van der Waals surface area contributed by atoms with Crippen LogP contribution in [-0.4, -0.2) is 38.8 Å². The third kappa shape index (κ3) is 5.08. The van der Waals surface area contributed by atoms with E-state index in [2.05, 4.69) is 5.32 Å². The van der Waals surface area contributed by atoms with E-state index >= 15 is 0 Å². The summed E-state index contributed by atoms with van der Waals surface area (Å²) in [6, 6.07) is 9.87. The SMILES string of the molecule is CCCN(CCC)S(=O)(=O)c1ccc(F)c(C(=O)Nc2cccc(OC)c2)c1. The normalized spacial score (nSPS) is 11.5. The second kappa shape index (κ2) is 9.66. The largest absolute Gasteiger partial charge is 0.497 e. The van der Waals surface area contributed by atoms with Crippen LogP contribution in [0.2, 0.25) is 0 Å². The predicted molar refractivity (Wildman–Crippen MR) is 107 cm³/mol. The van der Waals surface area contributed by atoms with Gasteiger partial charge in [-0.05, 0) is 43.2 Å². The maximum atomic E-state index is 14.3. The van der Waals surface area contributed by atoms with Crippen LogP contribution < -0.4 is 10.1 Å². The first-order valence-corrected chi connectivity index (χ1v) is 10.5. The molecule has 0 aliphatic heterocycles. The van der Waals surface area contributed by atoms with Gasteiger partial charge in [0.25, 0.3) is 5.91 Å². The average molecular weight is 408 g/mol. The van der Waals surface area contributed by atoms with E-state index in [0.717, 1.165) is 12.1 Å². The van der Waals surface area contributed by atoms with Gasteiger partial charge in [0.05, 0.1) is 17.6 Å². The number of hydrogen-bond donors (Lipinski definition) is 1. The summed E-state index contributed by atoms with van der Waals surface area (Å²) < 4.78 is 46.5. The van der Waals surface area contributed by atoms with Gasteiger partial charge in [0.15, 0.2) is 0 Å². The van der Waals surface area contributed by atoms with Gasteiger partial charge in [0.2, 0.25) is 10.0 Å². The van der Waals surface area contributed by atoms with Crippen LogP contribution >= 0.6 is 0 Å². The summed E-state index contributed by atoms with van der Waals surface area (Å²) in [6.45, 7) is 4.49. The molecule has 1 N–H and O–H groups in total. The molecule has 0 saturated heterocycles. The summed E-state index contributed by atoms with van der Waals surface area (Å²) in [5.41, 5.74) is 0.0763. The van der Waals surface area contributed by atoms with E-state index in [0.29, 0.717) is 37.4 Å². The molecule has 0 bridgehead atoms. The minimum atomic E-state index is -3.82. The number of nitrogens with zero attached hydrogens (tertiary/aromatic N) is 1. The van der Waals surface area contributed by atoms with Gasteiger partial charge in [-0.3, -0.25) is 4.79 Å². The lowest BCUT2D eigenvalue weighted by Gasteiger charge is -2.21. The number of carbonyl (C=O) groups is 1. The number of benzene rings is 2. The van der Waals surface area contributed by atoms with Gasteiger partial charge in [0.1, 0.15) is 11.6 Å². The molecular formula is C20H25FN2O4S. The zero-order chi connectivity index (χ0) is 20.7. The Kier molecular flexibility index (Phi) is 7.53. The highest BCUT2D eigenvalue weighted by atomic mass is 32.2. The molecule has 0 aromatic heterocycles. The average Bonchev–Trinajstić information content (AvgIpc) is 2.68. The van der Waals surface area contributed by atoms with Crippen molar-refractivity contribution in [2.45, 2.75) is 31.6 Å². The smallest absolute Gasteiger partial charge is 0.258 e. The second-order valence-electron chi connectivity index (χ2n) is 6.23. The van der Waals surface area contributed by atoms with Crippen LogP contribution in [0.4, 0.5) is 10.1 Å². The highest BCUT2D eigenvalue weighted by molar-refractivity contribution is 7.89. The number of carbonyl (C=O) groups excluding carboxylic acids is 1. The van der Waals surface area contributed by atoms with Crippen LogP contribution in [0, 0.1) is 5.82 Å². The molecule has 152 valence electrons. The molecule has 0 spiro atoms. The second-order valence-corrected chi connectivity index (χ2v) is 8.17. The van der Waals surface area contributed by atoms with Crippen LogP contribution in [0.1, 0.15) is 37.0 Å². The Morgan fingerprint density at radius 2 is 1.79 bits per heavy atom. The highest BCUT2D eigenvalue weighted by Crippen LogP contribution is 2.22. The third-order valence-electron chi connectivity index (χ3n) is 4.09. The molecule has 8 heteroatoms. The minimum Gasteiger partial charge on any atom is -0.497 e. The lowest BCUT2D eigenvalue weighted by Crippen LogP contribution is -2.32. The monoisotopic (exact) mass is 408 g/mol. The number of nitrogens with one attached hydrogen (secondary N) is 1. The van der Waals surface area contributed by atoms with Crippen molar-refractivity contribution in [3.63, 3.8) is 0 Å². The van der Waals surface area contributed by atoms with Gasteiger partial charge in [-0.25, -0.2) is 12.8 Å². The van der Waals surface area contributed by atoms with Crippen molar-refractivity contribution in [1.29, 1.82) is 0 Å². The van der Waals surface area contributed by atoms with Gasteiger partial charge < -0.3 is 10.1 Å². The van der Waals surface area contributed by atoms with Crippen LogP contribution in [0.25, 0.3) is 0 Å². The van der Waals surface area contributed by atoms with E-state index in [4.69, 9.17) is 4.74 Å². The van der Waals surface area contributed by atoms with Crippen molar-refractivity contribution in [3.8, 4) is 5.75 Å². The topological polar surface area (TPSA) is 75.7 Å². The Balaban J connectivity index is 2.34. The first-order valence-electron chi connectivity index (χ1n) is 9.08. The van der Waals surface area contributed by atoms with Gasteiger partial charge in [-0.15, -0.1) is 0 Å². The first kappa shape index (κ1) is 21.8. The number of methoxy groups -OCH3 is 1. The highest BCUT2D eigenvalue weighted by Gasteiger charge is 2.25. The van der Waals surface area contributed by atoms with Crippen molar-refractivity contribution in [2.75, 3.05) is 25.5 Å². The van der Waals surface area contributed by atoms with Gasteiger partial charge >= 0.3 is 0 Å². The van der Waals surface area contributed by atoms with E-state index in [9.17, 15) is 17.6 Å². The standard InChI is InChI=1S/C20H25FN2O4S/c1-4-11-23(12-5-2)28(25,26)17-9-10-19(21)18(14-17)20(24)22-15-7-6-8-16(13-15)27-3/h6-10,13-14H,4-5,11-12H2,1-3H3,(H,22,24). The Morgan fingerprint density at radius 1 is 1.11 bits per heavy atom. The Morgan fingerprint density at radius 3 is 2.39 bits per heavy atom. The van der Waals surface area contributed by atoms with Gasteiger partial charge in [-0.2, -0.15) is 4.31 Å². The molecule has 0 heterocycles. The Hall–Kier alpha value is -2.45. The molecule has 2 aromatic carbocycles. The number of rotatable bonds is 9. The maximum absolute atomic E-state index is 14.3. The van der Waals surface area contributed by atoms with Gasteiger partial charge in [-0.1, -0.05) is 19.9 Å². The van der Waals surface area contributed by atoms with Crippen molar-refractivity contribution in [1.82, 2.24) is 4.31 Å². The van der Waals surface area contributed by atoms with Crippen LogP contribution in [0.15, 0.2) is 47.4 Å². The summed E-state index contributed by atoms with van der Waals surface area (Å²) in [6.07, 6.45) is 1.31. The Labute approximate surface area is 165 Å². The lowest BCUT2D eigenvalue weighted by molar-refractivity contribution is 0.102. The summed E-state index contributed by atoms with van der Waals surface area (Å²) in [7, 11) is -2.32. The number of hydrogen-bond acceptors (Lipinski definition) is 4. The van der Waals surface area contributed by atoms with E-state index in [1.165, 1.54) is 17.5 Å². The number of ether oxygens (including phenoxy) is 1. The number of amides is 1. The van der Waals surface area contributed by atoms with Crippen molar-refractivity contribution in [2.24, 2.45) is 0 Å². The molecule has 0 aliphatic rings. The van der Waals surface area contributed by atoms with E-state index in [-0.39, 0.29) is 10.5 Å².